The molecule has 0 saturated carbocycles. The van der Waals surface area contributed by atoms with Gasteiger partial charge in [0.25, 0.3) is 0 Å². The first-order chi connectivity index (χ1) is 9.54. The van der Waals surface area contributed by atoms with Crippen LogP contribution in [0.5, 0.6) is 0 Å². The number of benzene rings is 2. The van der Waals surface area contributed by atoms with E-state index in [2.05, 4.69) is 10.6 Å². The Hall–Kier alpha value is -2.36. The molecule has 0 spiro atoms. The van der Waals surface area contributed by atoms with E-state index < -0.39 is 0 Å². The van der Waals surface area contributed by atoms with E-state index in [1.54, 1.807) is 13.0 Å². The van der Waals surface area contributed by atoms with Crippen LogP contribution in [0.15, 0.2) is 42.5 Å². The number of hydrogen-bond donors (Lipinski definition) is 2. The van der Waals surface area contributed by atoms with Crippen molar-refractivity contribution in [2.45, 2.75) is 20.4 Å². The van der Waals surface area contributed by atoms with Crippen LogP contribution in [0.4, 0.5) is 14.9 Å². The number of anilines is 1. The molecule has 0 aliphatic carbocycles. The average molecular weight is 272 g/mol. The van der Waals surface area contributed by atoms with Crippen molar-refractivity contribution < 1.29 is 9.18 Å². The van der Waals surface area contributed by atoms with E-state index in [4.69, 9.17) is 0 Å². The molecule has 2 rings (SSSR count). The number of aryl methyl sites for hydroxylation is 2. The molecule has 0 unspecified atom stereocenters. The van der Waals surface area contributed by atoms with Crippen LogP contribution in [0.25, 0.3) is 0 Å². The van der Waals surface area contributed by atoms with Gasteiger partial charge in [0.05, 0.1) is 0 Å². The van der Waals surface area contributed by atoms with E-state index >= 15 is 0 Å². The first-order valence-electron chi connectivity index (χ1n) is 6.41. The summed E-state index contributed by atoms with van der Waals surface area (Å²) >= 11 is 0. The van der Waals surface area contributed by atoms with E-state index in [0.717, 1.165) is 5.56 Å². The summed E-state index contributed by atoms with van der Waals surface area (Å²) < 4.78 is 13.0. The molecule has 104 valence electrons. The summed E-state index contributed by atoms with van der Waals surface area (Å²) in [6, 6.07) is 11.9. The zero-order valence-electron chi connectivity index (χ0n) is 11.5. The molecule has 0 fully saturated rings. The van der Waals surface area contributed by atoms with Crippen LogP contribution in [-0.4, -0.2) is 6.03 Å². The number of hydrogen-bond acceptors (Lipinski definition) is 1. The molecule has 4 heteroatoms. The SMILES string of the molecule is Cc1ccc(CNC(=O)Nc2ccc(F)cc2C)cc1. The monoisotopic (exact) mass is 272 g/mol. The van der Waals surface area contributed by atoms with Gasteiger partial charge in [0.1, 0.15) is 5.82 Å². The van der Waals surface area contributed by atoms with Crippen LogP contribution < -0.4 is 10.6 Å². The fraction of sp³-hybridized carbons (Fsp3) is 0.188. The van der Waals surface area contributed by atoms with Crippen molar-refractivity contribution >= 4 is 11.7 Å². The number of carbonyl (C=O) groups is 1. The highest BCUT2D eigenvalue weighted by molar-refractivity contribution is 5.89. The van der Waals surface area contributed by atoms with Gasteiger partial charge in [-0.15, -0.1) is 0 Å². The van der Waals surface area contributed by atoms with Gasteiger partial charge < -0.3 is 10.6 Å². The van der Waals surface area contributed by atoms with Crippen molar-refractivity contribution in [2.75, 3.05) is 5.32 Å². The van der Waals surface area contributed by atoms with E-state index in [1.807, 2.05) is 31.2 Å². The lowest BCUT2D eigenvalue weighted by Gasteiger charge is -2.10. The lowest BCUT2D eigenvalue weighted by atomic mass is 10.1. The first-order valence-corrected chi connectivity index (χ1v) is 6.41. The van der Waals surface area contributed by atoms with Crippen molar-refractivity contribution in [3.63, 3.8) is 0 Å². The minimum absolute atomic E-state index is 0.305. The highest BCUT2D eigenvalue weighted by atomic mass is 19.1. The molecule has 0 aliphatic rings. The van der Waals surface area contributed by atoms with Gasteiger partial charge in [0.15, 0.2) is 0 Å². The van der Waals surface area contributed by atoms with Gasteiger partial charge in [-0.25, -0.2) is 9.18 Å². The van der Waals surface area contributed by atoms with Crippen LogP contribution in [0.3, 0.4) is 0 Å². The van der Waals surface area contributed by atoms with Crippen molar-refractivity contribution in [3.8, 4) is 0 Å². The topological polar surface area (TPSA) is 41.1 Å². The summed E-state index contributed by atoms with van der Waals surface area (Å²) in [4.78, 5) is 11.8. The Morgan fingerprint density at radius 3 is 2.45 bits per heavy atom. The van der Waals surface area contributed by atoms with E-state index in [1.165, 1.54) is 17.7 Å². The van der Waals surface area contributed by atoms with Crippen LogP contribution >= 0.6 is 0 Å². The largest absolute Gasteiger partial charge is 0.334 e. The molecule has 0 atom stereocenters. The number of rotatable bonds is 3. The maximum Gasteiger partial charge on any atom is 0.319 e. The Morgan fingerprint density at radius 1 is 1.10 bits per heavy atom. The lowest BCUT2D eigenvalue weighted by molar-refractivity contribution is 0.251. The smallest absolute Gasteiger partial charge is 0.319 e. The van der Waals surface area contributed by atoms with Crippen molar-refractivity contribution in [1.82, 2.24) is 5.32 Å². The summed E-state index contributed by atoms with van der Waals surface area (Å²) in [7, 11) is 0. The van der Waals surface area contributed by atoms with Gasteiger partial charge in [0.2, 0.25) is 0 Å². The second-order valence-corrected chi connectivity index (χ2v) is 4.75. The van der Waals surface area contributed by atoms with E-state index in [9.17, 15) is 9.18 Å². The molecule has 0 aromatic heterocycles. The molecule has 2 aromatic carbocycles. The second-order valence-electron chi connectivity index (χ2n) is 4.75. The molecule has 2 N–H and O–H groups in total. The van der Waals surface area contributed by atoms with Crippen molar-refractivity contribution in [2.24, 2.45) is 0 Å². The number of amides is 2. The standard InChI is InChI=1S/C16H17FN2O/c1-11-3-5-13(6-4-11)10-18-16(20)19-15-8-7-14(17)9-12(15)2/h3-9H,10H2,1-2H3,(H2,18,19,20). The summed E-state index contributed by atoms with van der Waals surface area (Å²) in [5.74, 6) is -0.312. The first kappa shape index (κ1) is 14.1. The summed E-state index contributed by atoms with van der Waals surface area (Å²) in [5, 5.41) is 5.47. The second kappa shape index (κ2) is 6.19. The molecule has 20 heavy (non-hydrogen) atoms. The van der Waals surface area contributed by atoms with E-state index in [0.29, 0.717) is 17.8 Å². The predicted octanol–water partition coefficient (Wildman–Crippen LogP) is 3.76. The van der Waals surface area contributed by atoms with Gasteiger partial charge in [-0.05, 0) is 43.2 Å². The molecule has 0 aliphatic heterocycles. The molecule has 0 saturated heterocycles. The number of halogens is 1. The maximum atomic E-state index is 13.0. The maximum absolute atomic E-state index is 13.0. The zero-order valence-corrected chi connectivity index (χ0v) is 11.5. The Balaban J connectivity index is 1.90. The van der Waals surface area contributed by atoms with Gasteiger partial charge in [-0.3, -0.25) is 0 Å². The third-order valence-electron chi connectivity index (χ3n) is 3.01. The van der Waals surface area contributed by atoms with Crippen LogP contribution in [0.1, 0.15) is 16.7 Å². The van der Waals surface area contributed by atoms with E-state index in [-0.39, 0.29) is 11.8 Å². The fourth-order valence-corrected chi connectivity index (χ4v) is 1.82. The minimum Gasteiger partial charge on any atom is -0.334 e. The highest BCUT2D eigenvalue weighted by Gasteiger charge is 2.05. The Morgan fingerprint density at radius 2 is 1.80 bits per heavy atom. The van der Waals surface area contributed by atoms with Crippen molar-refractivity contribution in [1.29, 1.82) is 0 Å². The average Bonchev–Trinajstić information content (AvgIpc) is 2.41. The summed E-state index contributed by atoms with van der Waals surface area (Å²) in [6.45, 7) is 4.21. The lowest BCUT2D eigenvalue weighted by Crippen LogP contribution is -2.28. The molecule has 3 nitrogen and oxygen atoms in total. The normalized spacial score (nSPS) is 10.2. The van der Waals surface area contributed by atoms with Gasteiger partial charge >= 0.3 is 6.03 Å². The van der Waals surface area contributed by atoms with Crippen molar-refractivity contribution in [3.05, 3.63) is 65.0 Å². The van der Waals surface area contributed by atoms with Gasteiger partial charge in [-0.1, -0.05) is 29.8 Å². The molecule has 0 heterocycles. The van der Waals surface area contributed by atoms with Crippen LogP contribution in [0, 0.1) is 19.7 Å². The Bertz CT molecular complexity index is 608. The quantitative estimate of drug-likeness (QED) is 0.877. The Kier molecular flexibility index (Phi) is 4.35. The summed E-state index contributed by atoms with van der Waals surface area (Å²) in [5.41, 5.74) is 3.50. The summed E-state index contributed by atoms with van der Waals surface area (Å²) in [6.07, 6.45) is 0. The van der Waals surface area contributed by atoms with Gasteiger partial charge in [-0.2, -0.15) is 0 Å². The molecule has 0 bridgehead atoms. The third-order valence-corrected chi connectivity index (χ3v) is 3.01. The molecule has 0 radical (unpaired) electrons. The zero-order chi connectivity index (χ0) is 14.5. The molecular formula is C16H17FN2O. The molecular weight excluding hydrogens is 255 g/mol. The number of carbonyl (C=O) groups excluding carboxylic acids is 1. The number of urea groups is 1. The number of nitrogens with one attached hydrogen (secondary N) is 2. The fourth-order valence-electron chi connectivity index (χ4n) is 1.82. The van der Waals surface area contributed by atoms with Crippen LogP contribution in [-0.2, 0) is 6.54 Å². The highest BCUT2D eigenvalue weighted by Crippen LogP contribution is 2.15. The molecule has 2 aromatic rings. The van der Waals surface area contributed by atoms with Crippen LogP contribution in [0.2, 0.25) is 0 Å². The Labute approximate surface area is 117 Å². The third kappa shape index (κ3) is 3.82. The van der Waals surface area contributed by atoms with Gasteiger partial charge in [0, 0.05) is 12.2 Å². The predicted molar refractivity (Wildman–Crippen MR) is 78.2 cm³/mol. The molecule has 2 amide bonds. The minimum atomic E-state index is -0.312.